The Morgan fingerprint density at radius 1 is 1.06 bits per heavy atom. The smallest absolute Gasteiger partial charge is 0.251 e. The Hall–Kier alpha value is -2.06. The zero-order valence-corrected chi connectivity index (χ0v) is 19.5. The molecule has 32 heavy (non-hydrogen) atoms. The van der Waals surface area contributed by atoms with Gasteiger partial charge in [-0.15, -0.1) is 0 Å². The molecule has 0 spiro atoms. The van der Waals surface area contributed by atoms with Gasteiger partial charge in [0, 0.05) is 56.0 Å². The highest BCUT2D eigenvalue weighted by atomic mass is 35.5. The number of alkyl halides is 2. The first-order valence-corrected chi connectivity index (χ1v) is 11.7. The highest BCUT2D eigenvalue weighted by Gasteiger charge is 2.34. The van der Waals surface area contributed by atoms with Crippen LogP contribution in [0.25, 0.3) is 11.3 Å². The summed E-state index contributed by atoms with van der Waals surface area (Å²) in [6, 6.07) is 2.22. The van der Waals surface area contributed by atoms with Crippen molar-refractivity contribution >= 4 is 23.1 Å². The molecule has 0 atom stereocenters. The van der Waals surface area contributed by atoms with Gasteiger partial charge in [0.15, 0.2) is 0 Å². The molecule has 3 heterocycles. The zero-order valence-electron chi connectivity index (χ0n) is 18.7. The maximum atomic E-state index is 13.4. The van der Waals surface area contributed by atoms with E-state index in [2.05, 4.69) is 39.3 Å². The number of hydrogen-bond donors (Lipinski definition) is 1. The first-order valence-electron chi connectivity index (χ1n) is 11.3. The van der Waals surface area contributed by atoms with E-state index in [1.807, 2.05) is 11.0 Å². The van der Waals surface area contributed by atoms with Gasteiger partial charge >= 0.3 is 0 Å². The number of pyridine rings is 1. The molecular weight excluding hydrogens is 434 g/mol. The molecule has 1 aliphatic heterocycles. The highest BCUT2D eigenvalue weighted by molar-refractivity contribution is 6.29. The molecule has 174 valence electrons. The predicted molar refractivity (Wildman–Crippen MR) is 125 cm³/mol. The fraction of sp³-hybridized carbons (Fsp3) is 0.609. The van der Waals surface area contributed by atoms with Gasteiger partial charge in [0.1, 0.15) is 11.0 Å². The molecule has 2 fully saturated rings. The van der Waals surface area contributed by atoms with Gasteiger partial charge in [-0.2, -0.15) is 0 Å². The third-order valence-corrected chi connectivity index (χ3v) is 6.64. The summed E-state index contributed by atoms with van der Waals surface area (Å²) in [6.45, 7) is 1.70. The van der Waals surface area contributed by atoms with E-state index in [0.29, 0.717) is 22.7 Å². The van der Waals surface area contributed by atoms with Crippen LogP contribution in [0.3, 0.4) is 0 Å². The summed E-state index contributed by atoms with van der Waals surface area (Å²) in [5.74, 6) is -1.21. The average Bonchev–Trinajstić information content (AvgIpc) is 2.75. The van der Waals surface area contributed by atoms with E-state index < -0.39 is 5.92 Å². The molecule has 6 nitrogen and oxygen atoms in total. The van der Waals surface area contributed by atoms with Crippen molar-refractivity contribution in [3.63, 3.8) is 0 Å². The molecule has 2 aromatic heterocycles. The molecule has 1 saturated heterocycles. The lowest BCUT2D eigenvalue weighted by molar-refractivity contribution is -0.0221. The Labute approximate surface area is 193 Å². The van der Waals surface area contributed by atoms with Crippen LogP contribution in [-0.4, -0.2) is 65.5 Å². The molecule has 1 aliphatic carbocycles. The summed E-state index contributed by atoms with van der Waals surface area (Å²) in [6.07, 6.45) is 9.39. The molecule has 2 aliphatic rings. The third-order valence-electron chi connectivity index (χ3n) is 6.43. The van der Waals surface area contributed by atoms with Gasteiger partial charge in [-0.05, 0) is 51.8 Å². The van der Waals surface area contributed by atoms with Gasteiger partial charge in [0.25, 0.3) is 5.92 Å². The Bertz CT molecular complexity index is 890. The van der Waals surface area contributed by atoms with Gasteiger partial charge in [-0.25, -0.2) is 18.7 Å². The van der Waals surface area contributed by atoms with Crippen LogP contribution in [-0.2, 0) is 0 Å². The lowest BCUT2D eigenvalue weighted by Gasteiger charge is -2.32. The van der Waals surface area contributed by atoms with E-state index in [-0.39, 0.29) is 25.9 Å². The monoisotopic (exact) mass is 464 g/mol. The second-order valence-electron chi connectivity index (χ2n) is 9.28. The van der Waals surface area contributed by atoms with Crippen LogP contribution in [0, 0.1) is 5.92 Å². The SMILES string of the molecule is CN(C)CC1CCC(Nc2cc(Cl)ncc2-c2cnc(N3CCC(F)(F)CC3)cn2)CC1. The van der Waals surface area contributed by atoms with E-state index in [1.165, 1.54) is 12.8 Å². The van der Waals surface area contributed by atoms with Crippen LogP contribution in [0.15, 0.2) is 24.7 Å². The molecule has 1 saturated carbocycles. The number of aromatic nitrogens is 3. The van der Waals surface area contributed by atoms with Crippen molar-refractivity contribution in [1.82, 2.24) is 19.9 Å². The normalized spacial score (nSPS) is 23.4. The van der Waals surface area contributed by atoms with Crippen LogP contribution >= 0.6 is 11.6 Å². The third kappa shape index (κ3) is 5.84. The summed E-state index contributed by atoms with van der Waals surface area (Å²) in [5.41, 5.74) is 2.43. The highest BCUT2D eigenvalue weighted by Crippen LogP contribution is 2.33. The number of rotatable bonds is 6. The molecule has 0 aromatic carbocycles. The average molecular weight is 465 g/mol. The Morgan fingerprint density at radius 2 is 1.78 bits per heavy atom. The molecule has 0 unspecified atom stereocenters. The number of piperidine rings is 1. The van der Waals surface area contributed by atoms with Crippen molar-refractivity contribution < 1.29 is 8.78 Å². The zero-order chi connectivity index (χ0) is 22.7. The fourth-order valence-corrected chi connectivity index (χ4v) is 4.82. The van der Waals surface area contributed by atoms with Gasteiger partial charge in [-0.1, -0.05) is 11.6 Å². The van der Waals surface area contributed by atoms with Crippen LogP contribution in [0.5, 0.6) is 0 Å². The van der Waals surface area contributed by atoms with E-state index in [0.717, 1.165) is 36.6 Å². The lowest BCUT2D eigenvalue weighted by atomic mass is 9.85. The largest absolute Gasteiger partial charge is 0.382 e. The standard InChI is InChI=1S/C23H31ClF2N6/c1-31(2)15-16-3-5-17(6-4-16)30-19-11-21(24)28-12-18(19)20-13-29-22(14-27-20)32-9-7-23(25,26)8-10-32/h11-14,16-17H,3-10,15H2,1-2H3,(H,28,30). The van der Waals surface area contributed by atoms with E-state index in [4.69, 9.17) is 11.6 Å². The van der Waals surface area contributed by atoms with Gasteiger partial charge in [0.05, 0.1) is 18.1 Å². The van der Waals surface area contributed by atoms with E-state index in [1.54, 1.807) is 18.6 Å². The molecule has 2 aromatic rings. The topological polar surface area (TPSA) is 57.2 Å². The van der Waals surface area contributed by atoms with E-state index in [9.17, 15) is 8.78 Å². The van der Waals surface area contributed by atoms with Gasteiger partial charge in [0.2, 0.25) is 0 Å². The first kappa shape index (κ1) is 23.1. The minimum atomic E-state index is -2.58. The minimum Gasteiger partial charge on any atom is -0.382 e. The van der Waals surface area contributed by atoms with Crippen molar-refractivity contribution in [2.24, 2.45) is 5.92 Å². The number of hydrogen-bond acceptors (Lipinski definition) is 6. The van der Waals surface area contributed by atoms with Crippen LogP contribution in [0.2, 0.25) is 5.15 Å². The summed E-state index contributed by atoms with van der Waals surface area (Å²) >= 11 is 6.19. The summed E-state index contributed by atoms with van der Waals surface area (Å²) in [5, 5.41) is 4.08. The molecule has 1 N–H and O–H groups in total. The van der Waals surface area contributed by atoms with Crippen molar-refractivity contribution in [2.45, 2.75) is 50.5 Å². The van der Waals surface area contributed by atoms with Crippen LogP contribution in [0.1, 0.15) is 38.5 Å². The summed E-state index contributed by atoms with van der Waals surface area (Å²) in [7, 11) is 4.25. The molecular formula is C23H31ClF2N6. The van der Waals surface area contributed by atoms with Gasteiger partial charge in [-0.3, -0.25) is 4.98 Å². The lowest BCUT2D eigenvalue weighted by Crippen LogP contribution is -2.39. The van der Waals surface area contributed by atoms with E-state index >= 15 is 0 Å². The van der Waals surface area contributed by atoms with Crippen molar-refractivity contribution in [3.05, 3.63) is 29.8 Å². The Morgan fingerprint density at radius 3 is 2.41 bits per heavy atom. The molecule has 0 bridgehead atoms. The number of halogens is 3. The Kier molecular flexibility index (Phi) is 7.10. The fourth-order valence-electron chi connectivity index (χ4n) is 4.67. The quantitative estimate of drug-likeness (QED) is 0.610. The van der Waals surface area contributed by atoms with Crippen LogP contribution < -0.4 is 10.2 Å². The van der Waals surface area contributed by atoms with Crippen molar-refractivity contribution in [3.8, 4) is 11.3 Å². The molecule has 0 radical (unpaired) electrons. The second kappa shape index (κ2) is 9.83. The van der Waals surface area contributed by atoms with Crippen LogP contribution in [0.4, 0.5) is 20.3 Å². The summed E-state index contributed by atoms with van der Waals surface area (Å²) in [4.78, 5) is 17.4. The number of nitrogens with zero attached hydrogens (tertiary/aromatic N) is 5. The number of anilines is 2. The predicted octanol–water partition coefficient (Wildman–Crippen LogP) is 4.96. The number of nitrogens with one attached hydrogen (secondary N) is 1. The second-order valence-corrected chi connectivity index (χ2v) is 9.67. The van der Waals surface area contributed by atoms with Crippen molar-refractivity contribution in [2.75, 3.05) is 43.9 Å². The maximum absolute atomic E-state index is 13.4. The Balaban J connectivity index is 1.44. The molecule has 9 heteroatoms. The first-order chi connectivity index (χ1) is 15.3. The molecule has 4 rings (SSSR count). The van der Waals surface area contributed by atoms with Crippen molar-refractivity contribution in [1.29, 1.82) is 0 Å². The van der Waals surface area contributed by atoms with Gasteiger partial charge < -0.3 is 15.1 Å². The summed E-state index contributed by atoms with van der Waals surface area (Å²) < 4.78 is 26.9. The molecule has 0 amide bonds. The maximum Gasteiger partial charge on any atom is 0.251 e. The minimum absolute atomic E-state index is 0.150.